The van der Waals surface area contributed by atoms with Gasteiger partial charge < -0.3 is 27.9 Å². The van der Waals surface area contributed by atoms with Gasteiger partial charge >= 0.3 is 11.9 Å². The highest BCUT2D eigenvalue weighted by atomic mass is 31.2. The van der Waals surface area contributed by atoms with E-state index < -0.39 is 32.5 Å². The SMILES string of the molecule is CCCCC/C=C\C/C=C\C/C=C\C/C=C\CCCCCC(=O)O[C@H](COC(=O)CCCCCCCCC/C=C\CCCCCCCC)COP(=O)([O-])OCC[N+](C)(C)C. The molecule has 0 amide bonds. The van der Waals surface area contributed by atoms with Crippen LogP contribution in [0.25, 0.3) is 0 Å². The number of likely N-dealkylation sites (N-methyl/N-ethyl adjacent to an activating group) is 1. The van der Waals surface area contributed by atoms with Crippen LogP contribution in [0.1, 0.15) is 194 Å². The summed E-state index contributed by atoms with van der Waals surface area (Å²) < 4.78 is 33.9. The highest BCUT2D eigenvalue weighted by Crippen LogP contribution is 2.38. The first-order valence-electron chi connectivity index (χ1n) is 24.0. The molecule has 0 saturated carbocycles. The minimum atomic E-state index is -4.64. The fraction of sp³-hybridized carbons (Fsp3) is 0.760. The molecule has 0 N–H and O–H groups in total. The molecule has 2 atom stereocenters. The van der Waals surface area contributed by atoms with E-state index in [-0.39, 0.29) is 26.1 Å². The lowest BCUT2D eigenvalue weighted by molar-refractivity contribution is -0.870. The Morgan fingerprint density at radius 2 is 0.900 bits per heavy atom. The summed E-state index contributed by atoms with van der Waals surface area (Å²) in [5.74, 6) is -0.876. The molecule has 348 valence electrons. The molecule has 0 fully saturated rings. The summed E-state index contributed by atoms with van der Waals surface area (Å²) >= 11 is 0. The van der Waals surface area contributed by atoms with Gasteiger partial charge in [0.1, 0.15) is 19.8 Å². The topological polar surface area (TPSA) is 111 Å². The molecule has 0 rings (SSSR count). The molecule has 0 aliphatic rings. The normalized spacial score (nSPS) is 14.0. The van der Waals surface area contributed by atoms with E-state index in [1.54, 1.807) is 0 Å². The van der Waals surface area contributed by atoms with Gasteiger partial charge in [-0.05, 0) is 83.5 Å². The summed E-state index contributed by atoms with van der Waals surface area (Å²) in [5, 5.41) is 0. The van der Waals surface area contributed by atoms with Crippen LogP contribution < -0.4 is 4.89 Å². The molecule has 0 aromatic carbocycles. The smallest absolute Gasteiger partial charge is 0.306 e. The second-order valence-electron chi connectivity index (χ2n) is 17.1. The van der Waals surface area contributed by atoms with Crippen LogP contribution in [0.15, 0.2) is 60.8 Å². The number of carbonyl (C=O) groups excluding carboxylic acids is 2. The standard InChI is InChI=1S/C50H90NO8P/c1-6-8-10-12-14-16-18-20-22-24-25-27-29-31-33-35-37-39-41-43-50(53)59-48(47-58-60(54,55)57-45-44-51(3,4)5)46-56-49(52)42-40-38-36-34-32-30-28-26-23-21-19-17-15-13-11-9-7-2/h14,16,20-23,25,27,31,33,48H,6-13,15,17-19,24,26,28-30,32,34-47H2,1-5H3/b16-14-,22-20-,23-21-,27-25-,33-31-/t48-/m1/s1. The number of phosphoric acid groups is 1. The van der Waals surface area contributed by atoms with Crippen molar-refractivity contribution >= 4 is 19.8 Å². The lowest BCUT2D eigenvalue weighted by Gasteiger charge is -2.28. The molecule has 0 bridgehead atoms. The average molecular weight is 864 g/mol. The quantitative estimate of drug-likeness (QED) is 0.0196. The summed E-state index contributed by atoms with van der Waals surface area (Å²) in [7, 11) is 1.13. The van der Waals surface area contributed by atoms with Crippen LogP contribution in [0.2, 0.25) is 0 Å². The minimum Gasteiger partial charge on any atom is -0.756 e. The van der Waals surface area contributed by atoms with E-state index >= 15 is 0 Å². The maximum atomic E-state index is 12.7. The Hall–Kier alpha value is -2.29. The Labute approximate surface area is 368 Å². The molecule has 60 heavy (non-hydrogen) atoms. The van der Waals surface area contributed by atoms with Crippen molar-refractivity contribution in [3.8, 4) is 0 Å². The molecule has 0 heterocycles. The summed E-state index contributed by atoms with van der Waals surface area (Å²) in [4.78, 5) is 37.6. The highest BCUT2D eigenvalue weighted by Gasteiger charge is 2.21. The van der Waals surface area contributed by atoms with Gasteiger partial charge in [0.25, 0.3) is 7.82 Å². The second-order valence-corrected chi connectivity index (χ2v) is 18.5. The Balaban J connectivity index is 4.39. The zero-order chi connectivity index (χ0) is 44.3. The number of quaternary nitrogens is 1. The maximum absolute atomic E-state index is 12.7. The van der Waals surface area contributed by atoms with Crippen molar-refractivity contribution in [3.63, 3.8) is 0 Å². The van der Waals surface area contributed by atoms with Crippen molar-refractivity contribution in [2.45, 2.75) is 200 Å². The molecule has 9 nitrogen and oxygen atoms in total. The van der Waals surface area contributed by atoms with Crippen molar-refractivity contribution in [3.05, 3.63) is 60.8 Å². The molecule has 0 aromatic rings. The molecule has 0 saturated heterocycles. The minimum absolute atomic E-state index is 0.0402. The summed E-state index contributed by atoms with van der Waals surface area (Å²) in [6.45, 7) is 4.15. The van der Waals surface area contributed by atoms with Crippen molar-refractivity contribution in [1.82, 2.24) is 0 Å². The van der Waals surface area contributed by atoms with Gasteiger partial charge in [-0.3, -0.25) is 14.2 Å². The van der Waals surface area contributed by atoms with Crippen LogP contribution in [-0.2, 0) is 32.7 Å². The van der Waals surface area contributed by atoms with Crippen LogP contribution in [0.4, 0.5) is 0 Å². The number of nitrogens with zero attached hydrogens (tertiary/aromatic N) is 1. The predicted octanol–water partition coefficient (Wildman–Crippen LogP) is 13.4. The van der Waals surface area contributed by atoms with Gasteiger partial charge in [-0.2, -0.15) is 0 Å². The number of ether oxygens (including phenoxy) is 2. The molecule has 0 aliphatic heterocycles. The van der Waals surface area contributed by atoms with Gasteiger partial charge in [0, 0.05) is 12.8 Å². The fourth-order valence-corrected chi connectivity index (χ4v) is 6.95. The zero-order valence-corrected chi connectivity index (χ0v) is 40.0. The average Bonchev–Trinajstić information content (AvgIpc) is 3.20. The lowest BCUT2D eigenvalue weighted by Crippen LogP contribution is -2.37. The van der Waals surface area contributed by atoms with Gasteiger partial charge in [-0.25, -0.2) is 0 Å². The van der Waals surface area contributed by atoms with Gasteiger partial charge in [-0.15, -0.1) is 0 Å². The molecule has 0 radical (unpaired) electrons. The van der Waals surface area contributed by atoms with Crippen LogP contribution >= 0.6 is 7.82 Å². The van der Waals surface area contributed by atoms with Crippen LogP contribution in [0.5, 0.6) is 0 Å². The number of allylic oxidation sites excluding steroid dienone is 10. The number of phosphoric ester groups is 1. The largest absolute Gasteiger partial charge is 0.756 e. The number of carbonyl (C=O) groups is 2. The number of hydrogen-bond donors (Lipinski definition) is 0. The highest BCUT2D eigenvalue weighted by molar-refractivity contribution is 7.45. The third-order valence-electron chi connectivity index (χ3n) is 10.0. The van der Waals surface area contributed by atoms with E-state index in [0.29, 0.717) is 17.4 Å². The number of unbranched alkanes of at least 4 members (excludes halogenated alkanes) is 19. The Bertz CT molecular complexity index is 1210. The first-order valence-corrected chi connectivity index (χ1v) is 25.5. The second kappa shape index (κ2) is 42.0. The van der Waals surface area contributed by atoms with E-state index in [2.05, 4.69) is 74.6 Å². The number of esters is 2. The molecule has 1 unspecified atom stereocenters. The van der Waals surface area contributed by atoms with Crippen LogP contribution in [0.3, 0.4) is 0 Å². The lowest BCUT2D eigenvalue weighted by atomic mass is 10.1. The fourth-order valence-electron chi connectivity index (χ4n) is 6.22. The molecular weight excluding hydrogens is 774 g/mol. The van der Waals surface area contributed by atoms with Gasteiger partial charge in [0.05, 0.1) is 27.7 Å². The van der Waals surface area contributed by atoms with Gasteiger partial charge in [0.2, 0.25) is 0 Å². The molecular formula is C50H90NO8P. The monoisotopic (exact) mass is 864 g/mol. The Kier molecular flexibility index (Phi) is 40.4. The van der Waals surface area contributed by atoms with E-state index in [4.69, 9.17) is 18.5 Å². The molecule has 0 spiro atoms. The van der Waals surface area contributed by atoms with E-state index in [9.17, 15) is 19.0 Å². The van der Waals surface area contributed by atoms with Gasteiger partial charge in [-0.1, -0.05) is 158 Å². The van der Waals surface area contributed by atoms with Gasteiger partial charge in [0.15, 0.2) is 6.10 Å². The summed E-state index contributed by atoms with van der Waals surface area (Å²) in [6.07, 6.45) is 51.0. The van der Waals surface area contributed by atoms with E-state index in [0.717, 1.165) is 70.6 Å². The van der Waals surface area contributed by atoms with E-state index in [1.807, 2.05) is 21.1 Å². The number of hydrogen-bond acceptors (Lipinski definition) is 8. The van der Waals surface area contributed by atoms with Crippen molar-refractivity contribution in [2.75, 3.05) is 47.5 Å². The maximum Gasteiger partial charge on any atom is 0.306 e. The van der Waals surface area contributed by atoms with Crippen LogP contribution in [-0.4, -0.2) is 70.0 Å². The third-order valence-corrected chi connectivity index (χ3v) is 11.0. The van der Waals surface area contributed by atoms with Crippen molar-refractivity contribution < 1.29 is 42.1 Å². The Morgan fingerprint density at radius 1 is 0.517 bits per heavy atom. The Morgan fingerprint density at radius 3 is 1.40 bits per heavy atom. The van der Waals surface area contributed by atoms with Crippen molar-refractivity contribution in [1.29, 1.82) is 0 Å². The first kappa shape index (κ1) is 57.7. The van der Waals surface area contributed by atoms with E-state index in [1.165, 1.54) is 89.9 Å². The number of rotatable bonds is 43. The molecule has 0 aliphatic carbocycles. The third kappa shape index (κ3) is 45.2. The summed E-state index contributed by atoms with van der Waals surface area (Å²) in [6, 6.07) is 0. The summed E-state index contributed by atoms with van der Waals surface area (Å²) in [5.41, 5.74) is 0. The molecule has 0 aromatic heterocycles. The predicted molar refractivity (Wildman–Crippen MR) is 250 cm³/mol. The van der Waals surface area contributed by atoms with Crippen LogP contribution in [0, 0.1) is 0 Å². The molecule has 10 heteroatoms. The zero-order valence-electron chi connectivity index (χ0n) is 39.1. The first-order chi connectivity index (χ1) is 29.0. The van der Waals surface area contributed by atoms with Crippen molar-refractivity contribution in [2.24, 2.45) is 0 Å².